The number of hydrogen-bond donors (Lipinski definition) is 1. The fourth-order valence-corrected chi connectivity index (χ4v) is 0.881. The number of terminal acetylenes is 1. The van der Waals surface area contributed by atoms with Crippen molar-refractivity contribution in [2.45, 2.75) is 6.92 Å². The van der Waals surface area contributed by atoms with Gasteiger partial charge in [0.05, 0.1) is 5.56 Å². The summed E-state index contributed by atoms with van der Waals surface area (Å²) in [6.07, 6.45) is 8.06. The zero-order valence-electron chi connectivity index (χ0n) is 7.78. The molecule has 0 fully saturated rings. The third kappa shape index (κ3) is 2.88. The van der Waals surface area contributed by atoms with Gasteiger partial charge in [0.1, 0.15) is 6.61 Å². The number of rotatable bonds is 3. The van der Waals surface area contributed by atoms with E-state index >= 15 is 0 Å². The van der Waals surface area contributed by atoms with Gasteiger partial charge in [-0.3, -0.25) is 14.6 Å². The van der Waals surface area contributed by atoms with Crippen molar-refractivity contribution in [3.63, 3.8) is 0 Å². The second kappa shape index (κ2) is 5.00. The lowest BCUT2D eigenvalue weighted by atomic mass is 10.2. The van der Waals surface area contributed by atoms with Gasteiger partial charge in [-0.15, -0.1) is 6.42 Å². The lowest BCUT2D eigenvalue weighted by molar-refractivity contribution is 0.0437. The smallest absolute Gasteiger partial charge is 0.267 e. The van der Waals surface area contributed by atoms with Crippen molar-refractivity contribution in [1.29, 1.82) is 0 Å². The summed E-state index contributed by atoms with van der Waals surface area (Å²) in [4.78, 5) is 19.9. The van der Waals surface area contributed by atoms with E-state index in [4.69, 9.17) is 6.42 Å². The van der Waals surface area contributed by atoms with Crippen molar-refractivity contribution >= 4 is 5.91 Å². The summed E-state index contributed by atoms with van der Waals surface area (Å²) in [5.41, 5.74) is 3.56. The van der Waals surface area contributed by atoms with Crippen LogP contribution >= 0.6 is 0 Å². The fourth-order valence-electron chi connectivity index (χ4n) is 0.881. The Morgan fingerprint density at radius 1 is 1.71 bits per heavy atom. The highest BCUT2D eigenvalue weighted by molar-refractivity contribution is 5.93. The van der Waals surface area contributed by atoms with Crippen LogP contribution in [-0.4, -0.2) is 17.5 Å². The molecule has 0 radical (unpaired) electrons. The summed E-state index contributed by atoms with van der Waals surface area (Å²) < 4.78 is 0. The number of nitrogens with one attached hydrogen (secondary N) is 1. The summed E-state index contributed by atoms with van der Waals surface area (Å²) in [6.45, 7) is 1.90. The number of carbonyl (C=O) groups excluding carboxylic acids is 1. The normalized spacial score (nSPS) is 9.14. The van der Waals surface area contributed by atoms with Crippen molar-refractivity contribution in [3.05, 3.63) is 29.6 Å². The van der Waals surface area contributed by atoms with Crippen LogP contribution in [0.1, 0.15) is 15.9 Å². The number of carbonyl (C=O) groups is 1. The summed E-state index contributed by atoms with van der Waals surface area (Å²) in [6, 6.07) is 1.71. The molecule has 0 spiro atoms. The minimum absolute atomic E-state index is 0.0466. The minimum Gasteiger partial charge on any atom is -0.267 e. The Hall–Kier alpha value is -1.86. The van der Waals surface area contributed by atoms with Gasteiger partial charge in [0.2, 0.25) is 0 Å². The first-order valence-corrected chi connectivity index (χ1v) is 4.01. The SMILES string of the molecule is C#CCONC(=O)c1cncc(C)c1. The average molecular weight is 190 g/mol. The first kappa shape index (κ1) is 10.2. The maximum absolute atomic E-state index is 11.3. The molecular formula is C10H10N2O2. The molecule has 0 aliphatic heterocycles. The number of aryl methyl sites for hydroxylation is 1. The van der Waals surface area contributed by atoms with Crippen molar-refractivity contribution in [1.82, 2.24) is 10.5 Å². The van der Waals surface area contributed by atoms with E-state index in [1.807, 2.05) is 6.92 Å². The molecule has 1 aromatic heterocycles. The Morgan fingerprint density at radius 2 is 2.50 bits per heavy atom. The molecule has 0 saturated heterocycles. The molecule has 0 aliphatic carbocycles. The molecule has 14 heavy (non-hydrogen) atoms. The largest absolute Gasteiger partial charge is 0.276 e. The highest BCUT2D eigenvalue weighted by Gasteiger charge is 2.04. The van der Waals surface area contributed by atoms with Gasteiger partial charge in [0, 0.05) is 12.4 Å². The van der Waals surface area contributed by atoms with Crippen LogP contribution in [0.4, 0.5) is 0 Å². The predicted molar refractivity (Wildman–Crippen MR) is 51.2 cm³/mol. The van der Waals surface area contributed by atoms with E-state index < -0.39 is 0 Å². The third-order valence-electron chi connectivity index (χ3n) is 1.46. The van der Waals surface area contributed by atoms with Crippen molar-refractivity contribution in [3.8, 4) is 12.3 Å². The zero-order valence-corrected chi connectivity index (χ0v) is 7.78. The maximum atomic E-state index is 11.3. The summed E-state index contributed by atoms with van der Waals surface area (Å²) in [5, 5.41) is 0. The Morgan fingerprint density at radius 3 is 3.14 bits per heavy atom. The summed E-state index contributed by atoms with van der Waals surface area (Å²) in [5.74, 6) is 1.88. The quantitative estimate of drug-likeness (QED) is 0.433. The molecule has 4 heteroatoms. The number of amides is 1. The number of nitrogens with zero attached hydrogens (tertiary/aromatic N) is 1. The van der Waals surface area contributed by atoms with Crippen LogP contribution in [0.5, 0.6) is 0 Å². The van der Waals surface area contributed by atoms with E-state index in [-0.39, 0.29) is 12.5 Å². The molecule has 1 N–H and O–H groups in total. The van der Waals surface area contributed by atoms with Gasteiger partial charge < -0.3 is 0 Å². The molecule has 1 aromatic rings. The summed E-state index contributed by atoms with van der Waals surface area (Å²) in [7, 11) is 0. The lowest BCUT2D eigenvalue weighted by Gasteiger charge is -2.02. The Labute approximate surface area is 82.3 Å². The van der Waals surface area contributed by atoms with E-state index in [2.05, 4.69) is 21.2 Å². The molecule has 0 bridgehead atoms. The van der Waals surface area contributed by atoms with Gasteiger partial charge in [0.15, 0.2) is 0 Å². The number of aromatic nitrogens is 1. The highest BCUT2D eigenvalue weighted by Crippen LogP contribution is 2.00. The van der Waals surface area contributed by atoms with Crippen LogP contribution in [0.15, 0.2) is 18.5 Å². The van der Waals surface area contributed by atoms with E-state index in [0.717, 1.165) is 5.56 Å². The molecule has 0 atom stereocenters. The second-order valence-electron chi connectivity index (χ2n) is 2.67. The Balaban J connectivity index is 2.57. The number of hydrogen-bond acceptors (Lipinski definition) is 3. The van der Waals surface area contributed by atoms with Gasteiger partial charge in [-0.2, -0.15) is 0 Å². The van der Waals surface area contributed by atoms with Crippen LogP contribution in [0, 0.1) is 19.3 Å². The van der Waals surface area contributed by atoms with Crippen molar-refractivity contribution < 1.29 is 9.63 Å². The Kier molecular flexibility index (Phi) is 3.65. The van der Waals surface area contributed by atoms with Gasteiger partial charge in [-0.1, -0.05) is 5.92 Å². The predicted octanol–water partition coefficient (Wildman–Crippen LogP) is 0.685. The van der Waals surface area contributed by atoms with Crippen molar-refractivity contribution in [2.24, 2.45) is 0 Å². The second-order valence-corrected chi connectivity index (χ2v) is 2.67. The van der Waals surface area contributed by atoms with E-state index in [1.165, 1.54) is 6.20 Å². The maximum Gasteiger partial charge on any atom is 0.276 e. The monoisotopic (exact) mass is 190 g/mol. The van der Waals surface area contributed by atoms with E-state index in [1.54, 1.807) is 12.3 Å². The molecule has 72 valence electrons. The molecule has 1 amide bonds. The topological polar surface area (TPSA) is 51.2 Å². The van der Waals surface area contributed by atoms with Crippen LogP contribution in [0.25, 0.3) is 0 Å². The summed E-state index contributed by atoms with van der Waals surface area (Å²) >= 11 is 0. The first-order valence-electron chi connectivity index (χ1n) is 4.01. The average Bonchev–Trinajstić information content (AvgIpc) is 2.18. The van der Waals surface area contributed by atoms with Gasteiger partial charge in [0.25, 0.3) is 5.91 Å². The van der Waals surface area contributed by atoms with Crippen LogP contribution in [0.2, 0.25) is 0 Å². The highest BCUT2D eigenvalue weighted by atomic mass is 16.6. The zero-order chi connectivity index (χ0) is 10.4. The fraction of sp³-hybridized carbons (Fsp3) is 0.200. The molecule has 1 heterocycles. The van der Waals surface area contributed by atoms with Crippen molar-refractivity contribution in [2.75, 3.05) is 6.61 Å². The van der Waals surface area contributed by atoms with Gasteiger partial charge in [-0.25, -0.2) is 5.48 Å². The van der Waals surface area contributed by atoms with Crippen LogP contribution in [0.3, 0.4) is 0 Å². The Bertz CT molecular complexity index is 369. The van der Waals surface area contributed by atoms with Crippen LogP contribution < -0.4 is 5.48 Å². The minimum atomic E-state index is -0.351. The first-order chi connectivity index (χ1) is 6.74. The molecule has 4 nitrogen and oxygen atoms in total. The number of pyridine rings is 1. The van der Waals surface area contributed by atoms with E-state index in [9.17, 15) is 4.79 Å². The van der Waals surface area contributed by atoms with Gasteiger partial charge in [-0.05, 0) is 18.6 Å². The molecule has 0 aromatic carbocycles. The molecular weight excluding hydrogens is 180 g/mol. The standard InChI is InChI=1S/C10H10N2O2/c1-3-4-14-12-10(13)9-5-8(2)6-11-7-9/h1,5-7H,4H2,2H3,(H,12,13). The molecule has 0 saturated carbocycles. The third-order valence-corrected chi connectivity index (χ3v) is 1.46. The van der Waals surface area contributed by atoms with E-state index in [0.29, 0.717) is 5.56 Å². The van der Waals surface area contributed by atoms with Crippen LogP contribution in [-0.2, 0) is 4.84 Å². The number of hydroxylamine groups is 1. The molecule has 0 aliphatic rings. The molecule has 1 rings (SSSR count). The molecule has 0 unspecified atom stereocenters. The van der Waals surface area contributed by atoms with Gasteiger partial charge >= 0.3 is 0 Å². The lowest BCUT2D eigenvalue weighted by Crippen LogP contribution is -2.24.